The maximum Gasteiger partial charge on any atom is 0.319 e. The Kier molecular flexibility index (Phi) is 7.06. The van der Waals surface area contributed by atoms with E-state index in [1.807, 2.05) is 13.0 Å². The second kappa shape index (κ2) is 9.27. The van der Waals surface area contributed by atoms with Gasteiger partial charge in [-0.3, -0.25) is 4.79 Å². The summed E-state index contributed by atoms with van der Waals surface area (Å²) in [6, 6.07) is 5.19. The van der Waals surface area contributed by atoms with Crippen molar-refractivity contribution in [2.45, 2.75) is 33.1 Å². The van der Waals surface area contributed by atoms with Crippen molar-refractivity contribution >= 4 is 17.6 Å². The number of ether oxygens (including phenoxy) is 1. The summed E-state index contributed by atoms with van der Waals surface area (Å²) in [4.78, 5) is 26.4. The summed E-state index contributed by atoms with van der Waals surface area (Å²) in [5.74, 6) is -0.0113. The molecule has 6 nitrogen and oxygen atoms in total. The molecule has 0 spiro atoms. The maximum atomic E-state index is 12.6. The number of nitrogens with one attached hydrogen (secondary N) is 2. The van der Waals surface area contributed by atoms with E-state index >= 15 is 0 Å². The SMILES string of the molecule is CCCCCNC(=O)Nc1cccc(C(=O)N2CCOCC2)c1C. The number of benzene rings is 1. The van der Waals surface area contributed by atoms with E-state index < -0.39 is 0 Å². The molecule has 0 unspecified atom stereocenters. The summed E-state index contributed by atoms with van der Waals surface area (Å²) in [5, 5.41) is 5.68. The highest BCUT2D eigenvalue weighted by molar-refractivity contribution is 5.99. The largest absolute Gasteiger partial charge is 0.378 e. The van der Waals surface area contributed by atoms with Gasteiger partial charge in [-0.2, -0.15) is 0 Å². The van der Waals surface area contributed by atoms with Crippen LogP contribution in [0.15, 0.2) is 18.2 Å². The molecule has 0 saturated carbocycles. The third-order valence-electron chi connectivity index (χ3n) is 4.18. The molecule has 1 aromatic carbocycles. The predicted octanol–water partition coefficient (Wildman–Crippen LogP) is 2.78. The Hall–Kier alpha value is -2.08. The van der Waals surface area contributed by atoms with E-state index in [1.54, 1.807) is 17.0 Å². The highest BCUT2D eigenvalue weighted by Gasteiger charge is 2.21. The fourth-order valence-electron chi connectivity index (χ4n) is 2.68. The van der Waals surface area contributed by atoms with Crippen LogP contribution in [0.4, 0.5) is 10.5 Å². The Balaban J connectivity index is 1.99. The van der Waals surface area contributed by atoms with Crippen molar-refractivity contribution < 1.29 is 14.3 Å². The molecule has 3 amide bonds. The first-order chi connectivity index (χ1) is 11.6. The second-order valence-corrected chi connectivity index (χ2v) is 5.97. The second-order valence-electron chi connectivity index (χ2n) is 5.97. The van der Waals surface area contributed by atoms with Crippen LogP contribution >= 0.6 is 0 Å². The van der Waals surface area contributed by atoms with E-state index in [0.717, 1.165) is 24.8 Å². The molecule has 1 saturated heterocycles. The Morgan fingerprint density at radius 2 is 1.96 bits per heavy atom. The van der Waals surface area contributed by atoms with Crippen LogP contribution in [0, 0.1) is 6.92 Å². The molecule has 1 heterocycles. The van der Waals surface area contributed by atoms with Crippen LogP contribution in [0.5, 0.6) is 0 Å². The Labute approximate surface area is 143 Å². The molecule has 1 aromatic rings. The number of rotatable bonds is 6. The zero-order valence-electron chi connectivity index (χ0n) is 14.6. The number of carbonyl (C=O) groups excluding carboxylic acids is 2. The molecule has 2 N–H and O–H groups in total. The average Bonchev–Trinajstić information content (AvgIpc) is 2.61. The van der Waals surface area contributed by atoms with Crippen LogP contribution in [0.1, 0.15) is 42.1 Å². The van der Waals surface area contributed by atoms with Gasteiger partial charge in [-0.25, -0.2) is 4.79 Å². The van der Waals surface area contributed by atoms with Crippen molar-refractivity contribution in [3.63, 3.8) is 0 Å². The summed E-state index contributed by atoms with van der Waals surface area (Å²) in [6.45, 7) is 7.00. The third kappa shape index (κ3) is 4.96. The molecule has 24 heavy (non-hydrogen) atoms. The number of hydrogen-bond donors (Lipinski definition) is 2. The van der Waals surface area contributed by atoms with Crippen molar-refractivity contribution in [3.8, 4) is 0 Å². The fraction of sp³-hybridized carbons (Fsp3) is 0.556. The van der Waals surface area contributed by atoms with Crippen molar-refractivity contribution in [1.82, 2.24) is 10.2 Å². The van der Waals surface area contributed by atoms with Crippen LogP contribution < -0.4 is 10.6 Å². The van der Waals surface area contributed by atoms with Gasteiger partial charge in [0, 0.05) is 30.9 Å². The Morgan fingerprint density at radius 1 is 1.21 bits per heavy atom. The first-order valence-corrected chi connectivity index (χ1v) is 8.65. The van der Waals surface area contributed by atoms with E-state index in [4.69, 9.17) is 4.74 Å². The van der Waals surface area contributed by atoms with Gasteiger partial charge in [0.1, 0.15) is 0 Å². The van der Waals surface area contributed by atoms with Gasteiger partial charge in [0.05, 0.1) is 13.2 Å². The maximum absolute atomic E-state index is 12.6. The molecule has 0 radical (unpaired) electrons. The minimum absolute atomic E-state index is 0.0113. The molecule has 0 aromatic heterocycles. The highest BCUT2D eigenvalue weighted by atomic mass is 16.5. The number of nitrogens with zero attached hydrogens (tertiary/aromatic N) is 1. The zero-order chi connectivity index (χ0) is 17.4. The van der Waals surface area contributed by atoms with E-state index in [-0.39, 0.29) is 11.9 Å². The number of urea groups is 1. The molecule has 0 aliphatic carbocycles. The van der Waals surface area contributed by atoms with Gasteiger partial charge in [0.25, 0.3) is 5.91 Å². The van der Waals surface area contributed by atoms with Crippen LogP contribution in [-0.4, -0.2) is 49.7 Å². The molecular formula is C18H27N3O3. The van der Waals surface area contributed by atoms with Gasteiger partial charge in [-0.15, -0.1) is 0 Å². The molecule has 1 aliphatic heterocycles. The molecule has 0 bridgehead atoms. The van der Waals surface area contributed by atoms with Gasteiger partial charge in [0.2, 0.25) is 0 Å². The molecular weight excluding hydrogens is 306 g/mol. The van der Waals surface area contributed by atoms with E-state index in [9.17, 15) is 9.59 Å². The summed E-state index contributed by atoms with van der Waals surface area (Å²) >= 11 is 0. The number of amides is 3. The number of hydrogen-bond acceptors (Lipinski definition) is 3. The minimum Gasteiger partial charge on any atom is -0.378 e. The smallest absolute Gasteiger partial charge is 0.319 e. The van der Waals surface area contributed by atoms with Crippen molar-refractivity contribution in [2.75, 3.05) is 38.2 Å². The molecule has 2 rings (SSSR count). The van der Waals surface area contributed by atoms with Crippen molar-refractivity contribution in [3.05, 3.63) is 29.3 Å². The molecule has 0 atom stereocenters. The molecule has 6 heteroatoms. The monoisotopic (exact) mass is 333 g/mol. The highest BCUT2D eigenvalue weighted by Crippen LogP contribution is 2.21. The average molecular weight is 333 g/mol. The molecule has 1 aliphatic rings. The van der Waals surface area contributed by atoms with Gasteiger partial charge in [-0.05, 0) is 31.0 Å². The summed E-state index contributed by atoms with van der Waals surface area (Å²) < 4.78 is 5.29. The van der Waals surface area contributed by atoms with Crippen LogP contribution in [0.2, 0.25) is 0 Å². The summed E-state index contributed by atoms with van der Waals surface area (Å²) in [7, 11) is 0. The van der Waals surface area contributed by atoms with Crippen LogP contribution in [0.3, 0.4) is 0 Å². The van der Waals surface area contributed by atoms with Crippen molar-refractivity contribution in [2.24, 2.45) is 0 Å². The van der Waals surface area contributed by atoms with Gasteiger partial charge >= 0.3 is 6.03 Å². The quantitative estimate of drug-likeness (QED) is 0.787. The number of anilines is 1. The van der Waals surface area contributed by atoms with E-state index in [2.05, 4.69) is 17.6 Å². The number of unbranched alkanes of at least 4 members (excludes halogenated alkanes) is 2. The third-order valence-corrected chi connectivity index (χ3v) is 4.18. The van der Waals surface area contributed by atoms with Gasteiger partial charge in [-0.1, -0.05) is 25.8 Å². The Bertz CT molecular complexity index is 569. The van der Waals surface area contributed by atoms with E-state index in [0.29, 0.717) is 44.1 Å². The number of carbonyl (C=O) groups is 2. The lowest BCUT2D eigenvalue weighted by molar-refractivity contribution is 0.0302. The van der Waals surface area contributed by atoms with Crippen molar-refractivity contribution in [1.29, 1.82) is 0 Å². The molecule has 132 valence electrons. The van der Waals surface area contributed by atoms with E-state index in [1.165, 1.54) is 0 Å². The topological polar surface area (TPSA) is 70.7 Å². The Morgan fingerprint density at radius 3 is 2.67 bits per heavy atom. The lowest BCUT2D eigenvalue weighted by Gasteiger charge is -2.27. The summed E-state index contributed by atoms with van der Waals surface area (Å²) in [6.07, 6.45) is 3.19. The predicted molar refractivity (Wildman–Crippen MR) is 94.4 cm³/mol. The first-order valence-electron chi connectivity index (χ1n) is 8.65. The normalized spacial score (nSPS) is 14.3. The van der Waals surface area contributed by atoms with Gasteiger partial charge in [0.15, 0.2) is 0 Å². The number of morpholine rings is 1. The molecule has 1 fully saturated rings. The lowest BCUT2D eigenvalue weighted by Crippen LogP contribution is -2.41. The van der Waals surface area contributed by atoms with Crippen LogP contribution in [-0.2, 0) is 4.74 Å². The minimum atomic E-state index is -0.231. The lowest BCUT2D eigenvalue weighted by atomic mass is 10.1. The first kappa shape index (κ1) is 18.3. The standard InChI is InChI=1S/C18H27N3O3/c1-3-4-5-9-19-18(23)20-16-8-6-7-15(14(16)2)17(22)21-10-12-24-13-11-21/h6-8H,3-5,9-13H2,1-2H3,(H2,19,20,23). The van der Waals surface area contributed by atoms with Gasteiger partial charge < -0.3 is 20.3 Å². The summed E-state index contributed by atoms with van der Waals surface area (Å²) in [5.41, 5.74) is 2.08. The fourth-order valence-corrected chi connectivity index (χ4v) is 2.68. The zero-order valence-corrected chi connectivity index (χ0v) is 14.6. The van der Waals surface area contributed by atoms with Crippen LogP contribution in [0.25, 0.3) is 0 Å².